The van der Waals surface area contributed by atoms with Crippen LogP contribution in [-0.4, -0.2) is 28.4 Å². The molecule has 0 radical (unpaired) electrons. The zero-order chi connectivity index (χ0) is 15.1. The Morgan fingerprint density at radius 1 is 1.33 bits per heavy atom. The van der Waals surface area contributed by atoms with Gasteiger partial charge in [-0.2, -0.15) is 0 Å². The van der Waals surface area contributed by atoms with Crippen molar-refractivity contribution in [2.24, 2.45) is 0 Å². The molecule has 1 fully saturated rings. The van der Waals surface area contributed by atoms with Crippen LogP contribution in [0.1, 0.15) is 38.5 Å². The summed E-state index contributed by atoms with van der Waals surface area (Å²) in [5.74, 6) is 0.572. The molecule has 1 aromatic rings. The van der Waals surface area contributed by atoms with Gasteiger partial charge in [-0.05, 0) is 18.9 Å². The van der Waals surface area contributed by atoms with Gasteiger partial charge in [0.1, 0.15) is 12.0 Å². The van der Waals surface area contributed by atoms with Crippen molar-refractivity contribution in [3.63, 3.8) is 0 Å². The number of carbonyl (C=O) groups excluding carboxylic acids is 1. The van der Waals surface area contributed by atoms with Gasteiger partial charge in [0.15, 0.2) is 0 Å². The van der Waals surface area contributed by atoms with Crippen molar-refractivity contribution in [1.29, 1.82) is 0 Å². The van der Waals surface area contributed by atoms with E-state index in [9.17, 15) is 14.9 Å². The lowest BCUT2D eigenvalue weighted by Crippen LogP contribution is -2.36. The second kappa shape index (κ2) is 7.56. The van der Waals surface area contributed by atoms with E-state index in [-0.39, 0.29) is 11.6 Å². The first-order chi connectivity index (χ1) is 10.1. The van der Waals surface area contributed by atoms with Gasteiger partial charge in [0, 0.05) is 25.1 Å². The summed E-state index contributed by atoms with van der Waals surface area (Å²) in [6, 6.07) is 3.25. The van der Waals surface area contributed by atoms with Crippen LogP contribution in [0.25, 0.3) is 0 Å². The third-order valence-corrected chi connectivity index (χ3v) is 3.59. The Bertz CT molecular complexity index is 483. The Morgan fingerprint density at radius 2 is 2.10 bits per heavy atom. The summed E-state index contributed by atoms with van der Waals surface area (Å²) >= 11 is 0. The highest BCUT2D eigenvalue weighted by Crippen LogP contribution is 2.17. The van der Waals surface area contributed by atoms with E-state index in [1.54, 1.807) is 0 Å². The van der Waals surface area contributed by atoms with Crippen LogP contribution in [0.2, 0.25) is 0 Å². The lowest BCUT2D eigenvalue weighted by Gasteiger charge is -2.22. The molecule has 0 unspecified atom stereocenters. The summed E-state index contributed by atoms with van der Waals surface area (Å²) in [4.78, 5) is 25.7. The molecule has 1 saturated carbocycles. The summed E-state index contributed by atoms with van der Waals surface area (Å²) in [6.07, 6.45) is 7.36. The number of rotatable bonds is 6. The van der Waals surface area contributed by atoms with Crippen LogP contribution in [0.3, 0.4) is 0 Å². The SMILES string of the molecule is O=C(CCNc1ccc([N+](=O)[O-])cn1)NC1CCCCC1. The van der Waals surface area contributed by atoms with Gasteiger partial charge in [-0.3, -0.25) is 14.9 Å². The molecular formula is C14H20N4O3. The van der Waals surface area contributed by atoms with Gasteiger partial charge in [0.2, 0.25) is 5.91 Å². The lowest BCUT2D eigenvalue weighted by atomic mass is 9.95. The maximum absolute atomic E-state index is 11.8. The smallest absolute Gasteiger partial charge is 0.287 e. The van der Waals surface area contributed by atoms with Crippen molar-refractivity contribution in [2.75, 3.05) is 11.9 Å². The van der Waals surface area contributed by atoms with E-state index in [0.717, 1.165) is 12.8 Å². The first kappa shape index (κ1) is 15.2. The third-order valence-electron chi connectivity index (χ3n) is 3.59. The molecule has 114 valence electrons. The molecule has 1 amide bonds. The van der Waals surface area contributed by atoms with Gasteiger partial charge < -0.3 is 10.6 Å². The fourth-order valence-corrected chi connectivity index (χ4v) is 2.45. The van der Waals surface area contributed by atoms with E-state index in [1.807, 2.05) is 0 Å². The molecular weight excluding hydrogens is 272 g/mol. The molecule has 1 aliphatic rings. The van der Waals surface area contributed by atoms with Gasteiger partial charge >= 0.3 is 0 Å². The average molecular weight is 292 g/mol. The number of pyridine rings is 1. The van der Waals surface area contributed by atoms with Crippen LogP contribution in [0.15, 0.2) is 18.3 Å². The number of anilines is 1. The maximum atomic E-state index is 11.8. The number of nitro groups is 1. The van der Waals surface area contributed by atoms with Crippen LogP contribution >= 0.6 is 0 Å². The number of nitrogens with one attached hydrogen (secondary N) is 2. The standard InChI is InChI=1S/C14H20N4O3/c19-14(17-11-4-2-1-3-5-11)8-9-15-13-7-6-12(10-16-13)18(20)21/h6-7,10-11H,1-5,8-9H2,(H,15,16)(H,17,19). The van der Waals surface area contributed by atoms with Crippen molar-refractivity contribution >= 4 is 17.4 Å². The molecule has 0 spiro atoms. The molecule has 0 atom stereocenters. The monoisotopic (exact) mass is 292 g/mol. The molecule has 0 aliphatic heterocycles. The maximum Gasteiger partial charge on any atom is 0.287 e. The third kappa shape index (κ3) is 5.02. The Labute approximate surface area is 123 Å². The van der Waals surface area contributed by atoms with Gasteiger partial charge in [0.05, 0.1) is 4.92 Å². The number of carbonyl (C=O) groups is 1. The van der Waals surface area contributed by atoms with E-state index >= 15 is 0 Å². The summed E-state index contributed by atoms with van der Waals surface area (Å²) < 4.78 is 0. The summed E-state index contributed by atoms with van der Waals surface area (Å²) in [6.45, 7) is 0.462. The van der Waals surface area contributed by atoms with Crippen molar-refractivity contribution in [3.8, 4) is 0 Å². The summed E-state index contributed by atoms with van der Waals surface area (Å²) in [5, 5.41) is 16.5. The normalized spacial score (nSPS) is 15.4. The summed E-state index contributed by atoms with van der Waals surface area (Å²) in [7, 11) is 0. The van der Waals surface area contributed by atoms with Gasteiger partial charge in [-0.1, -0.05) is 19.3 Å². The van der Waals surface area contributed by atoms with Crippen LogP contribution < -0.4 is 10.6 Å². The fourth-order valence-electron chi connectivity index (χ4n) is 2.45. The second-order valence-corrected chi connectivity index (χ2v) is 5.24. The Balaban J connectivity index is 1.68. The number of hydrogen-bond acceptors (Lipinski definition) is 5. The highest BCUT2D eigenvalue weighted by atomic mass is 16.6. The van der Waals surface area contributed by atoms with Gasteiger partial charge in [-0.25, -0.2) is 4.98 Å². The van der Waals surface area contributed by atoms with Crippen molar-refractivity contribution in [2.45, 2.75) is 44.6 Å². The molecule has 0 bridgehead atoms. The van der Waals surface area contributed by atoms with Crippen LogP contribution in [0.5, 0.6) is 0 Å². The predicted molar refractivity (Wildman–Crippen MR) is 79.0 cm³/mol. The fraction of sp³-hybridized carbons (Fsp3) is 0.571. The largest absolute Gasteiger partial charge is 0.370 e. The molecule has 1 heterocycles. The Morgan fingerprint density at radius 3 is 2.71 bits per heavy atom. The average Bonchev–Trinajstić information content (AvgIpc) is 2.49. The molecule has 2 rings (SSSR count). The van der Waals surface area contributed by atoms with E-state index in [4.69, 9.17) is 0 Å². The number of hydrogen-bond donors (Lipinski definition) is 2. The molecule has 1 aliphatic carbocycles. The number of nitrogens with zero attached hydrogens (tertiary/aromatic N) is 2. The first-order valence-electron chi connectivity index (χ1n) is 7.29. The van der Waals surface area contributed by atoms with Crippen LogP contribution in [-0.2, 0) is 4.79 Å². The minimum atomic E-state index is -0.492. The topological polar surface area (TPSA) is 97.2 Å². The minimum Gasteiger partial charge on any atom is -0.370 e. The minimum absolute atomic E-state index is 0.0383. The molecule has 21 heavy (non-hydrogen) atoms. The molecule has 2 N–H and O–H groups in total. The molecule has 7 nitrogen and oxygen atoms in total. The first-order valence-corrected chi connectivity index (χ1v) is 7.29. The van der Waals surface area contributed by atoms with E-state index in [2.05, 4.69) is 15.6 Å². The van der Waals surface area contributed by atoms with Crippen LogP contribution in [0.4, 0.5) is 11.5 Å². The number of aromatic nitrogens is 1. The van der Waals surface area contributed by atoms with Crippen LogP contribution in [0, 0.1) is 10.1 Å². The highest BCUT2D eigenvalue weighted by Gasteiger charge is 2.15. The molecule has 1 aromatic heterocycles. The molecule has 7 heteroatoms. The zero-order valence-corrected chi connectivity index (χ0v) is 11.9. The Hall–Kier alpha value is -2.18. The zero-order valence-electron chi connectivity index (χ0n) is 11.9. The van der Waals surface area contributed by atoms with E-state index in [1.165, 1.54) is 37.6 Å². The van der Waals surface area contributed by atoms with Crippen molar-refractivity contribution in [3.05, 3.63) is 28.4 Å². The second-order valence-electron chi connectivity index (χ2n) is 5.24. The van der Waals surface area contributed by atoms with E-state index in [0.29, 0.717) is 24.8 Å². The van der Waals surface area contributed by atoms with E-state index < -0.39 is 4.92 Å². The predicted octanol–water partition coefficient (Wildman–Crippen LogP) is 2.24. The Kier molecular flexibility index (Phi) is 5.48. The summed E-state index contributed by atoms with van der Waals surface area (Å²) in [5.41, 5.74) is -0.0457. The molecule has 0 saturated heterocycles. The van der Waals surface area contributed by atoms with Gasteiger partial charge in [0.25, 0.3) is 5.69 Å². The number of amides is 1. The van der Waals surface area contributed by atoms with Crippen molar-refractivity contribution < 1.29 is 9.72 Å². The highest BCUT2D eigenvalue weighted by molar-refractivity contribution is 5.76. The lowest BCUT2D eigenvalue weighted by molar-refractivity contribution is -0.385. The van der Waals surface area contributed by atoms with Crippen molar-refractivity contribution in [1.82, 2.24) is 10.3 Å². The quantitative estimate of drug-likeness (QED) is 0.619. The van der Waals surface area contributed by atoms with Gasteiger partial charge in [-0.15, -0.1) is 0 Å². The molecule has 0 aromatic carbocycles.